The van der Waals surface area contributed by atoms with Gasteiger partial charge in [0.05, 0.1) is 13.7 Å². The zero-order valence-electron chi connectivity index (χ0n) is 17.1. The van der Waals surface area contributed by atoms with Crippen LogP contribution in [0.2, 0.25) is 0 Å². The number of halogens is 5. The van der Waals surface area contributed by atoms with E-state index in [9.17, 15) is 35.2 Å². The Morgan fingerprint density at radius 2 is 1.77 bits per heavy atom. The van der Waals surface area contributed by atoms with Crippen molar-refractivity contribution in [3.63, 3.8) is 0 Å². The molecule has 6 nitrogen and oxygen atoms in total. The zero-order chi connectivity index (χ0) is 23.9. The molecule has 2 rings (SSSR count). The number of rotatable bonds is 7. The van der Waals surface area contributed by atoms with Gasteiger partial charge in [0.15, 0.2) is 0 Å². The molecular weight excluding hydrogens is 451 g/mol. The lowest BCUT2D eigenvalue weighted by Gasteiger charge is -2.19. The Morgan fingerprint density at radius 3 is 2.23 bits per heavy atom. The van der Waals surface area contributed by atoms with Crippen LogP contribution < -0.4 is 4.74 Å². The van der Waals surface area contributed by atoms with Gasteiger partial charge in [-0.3, -0.25) is 4.79 Å². The van der Waals surface area contributed by atoms with Gasteiger partial charge in [-0.05, 0) is 62.4 Å². The maximum absolute atomic E-state index is 13.5. The molecule has 1 aromatic rings. The average Bonchev–Trinajstić information content (AvgIpc) is 2.79. The molecule has 0 saturated carbocycles. The lowest BCUT2D eigenvalue weighted by atomic mass is 10.0. The number of aryl methyl sites for hydroxylation is 1. The highest BCUT2D eigenvalue weighted by Crippen LogP contribution is 2.40. The Hall–Kier alpha value is -2.37. The van der Waals surface area contributed by atoms with Crippen LogP contribution in [-0.4, -0.2) is 40.0 Å². The highest BCUT2D eigenvalue weighted by Gasteiger charge is 2.49. The Balaban J connectivity index is 0.000000861. The number of carbonyl (C=O) groups excluding carboxylic acids is 1. The van der Waals surface area contributed by atoms with Crippen molar-refractivity contribution in [3.8, 4) is 5.75 Å². The van der Waals surface area contributed by atoms with Gasteiger partial charge >= 0.3 is 15.6 Å². The lowest BCUT2D eigenvalue weighted by Crippen LogP contribution is -2.26. The molecule has 0 fully saturated rings. The maximum Gasteiger partial charge on any atom is 0.534 e. The monoisotopic (exact) mass is 474 g/mol. The van der Waals surface area contributed by atoms with Crippen molar-refractivity contribution in [3.05, 3.63) is 34.9 Å². The van der Waals surface area contributed by atoms with Gasteiger partial charge in [-0.1, -0.05) is 0 Å². The van der Waals surface area contributed by atoms with Crippen LogP contribution >= 0.6 is 0 Å². The average molecular weight is 474 g/mol. The minimum absolute atomic E-state index is 0.0108. The molecule has 31 heavy (non-hydrogen) atoms. The Bertz CT molecular complexity index is 888. The van der Waals surface area contributed by atoms with Crippen molar-refractivity contribution in [2.24, 2.45) is 0 Å². The van der Waals surface area contributed by atoms with E-state index in [1.165, 1.54) is 25.3 Å². The molecule has 0 aromatic heterocycles. The number of alkyl halides is 5. The summed E-state index contributed by atoms with van der Waals surface area (Å²) in [4.78, 5) is 9.18. The Morgan fingerprint density at radius 1 is 1.13 bits per heavy atom. The summed E-state index contributed by atoms with van der Waals surface area (Å²) in [5, 5.41) is 0. The second-order valence-electron chi connectivity index (χ2n) is 6.59. The van der Waals surface area contributed by atoms with Gasteiger partial charge in [-0.15, -0.1) is 0 Å². The summed E-state index contributed by atoms with van der Waals surface area (Å²) < 4.78 is 102. The predicted octanol–water partition coefficient (Wildman–Crippen LogP) is 4.83. The zero-order valence-corrected chi connectivity index (χ0v) is 17.9. The lowest BCUT2D eigenvalue weighted by molar-refractivity contribution is -0.128. The molecule has 0 radical (unpaired) electrons. The van der Waals surface area contributed by atoms with Gasteiger partial charge in [-0.2, -0.15) is 21.6 Å². The largest absolute Gasteiger partial charge is 0.534 e. The number of methoxy groups -OCH3 is 1. The van der Waals surface area contributed by atoms with Crippen LogP contribution in [-0.2, 0) is 30.3 Å². The van der Waals surface area contributed by atoms with Crippen molar-refractivity contribution < 1.29 is 48.8 Å². The summed E-state index contributed by atoms with van der Waals surface area (Å²) >= 11 is 0. The van der Waals surface area contributed by atoms with Crippen LogP contribution in [0.1, 0.15) is 44.2 Å². The highest BCUT2D eigenvalue weighted by atomic mass is 32.2. The number of allylic oxidation sites excluding steroid dienone is 1. The second kappa shape index (κ2) is 10.8. The fraction of sp³-hybridized carbons (Fsp3) is 0.526. The van der Waals surface area contributed by atoms with Crippen LogP contribution in [0.5, 0.6) is 5.75 Å². The fourth-order valence-corrected chi connectivity index (χ4v) is 3.32. The molecule has 0 bridgehead atoms. The summed E-state index contributed by atoms with van der Waals surface area (Å²) in [6, 6.07) is 4.23. The van der Waals surface area contributed by atoms with Crippen molar-refractivity contribution in [2.45, 2.75) is 51.0 Å². The van der Waals surface area contributed by atoms with Gasteiger partial charge < -0.3 is 13.7 Å². The number of hydrogen-bond acceptors (Lipinski definition) is 6. The van der Waals surface area contributed by atoms with E-state index in [1.807, 2.05) is 0 Å². The Labute approximate surface area is 177 Å². The van der Waals surface area contributed by atoms with E-state index in [4.69, 9.17) is 4.74 Å². The number of benzene rings is 1. The summed E-state index contributed by atoms with van der Waals surface area (Å²) in [7, 11) is -4.60. The highest BCUT2D eigenvalue weighted by molar-refractivity contribution is 7.87. The second-order valence-corrected chi connectivity index (χ2v) is 8.13. The maximum atomic E-state index is 13.5. The van der Waals surface area contributed by atoms with Gasteiger partial charge in [0, 0.05) is 12.0 Å². The standard InChI is InChI=1S/C16H17F5O4S.C3H6O2/c1-15(17,18)9-11-5-3-4-10-8-12(24-2)6-7-13(10)14(11)25-26(22,23)16(19,20)21;1-2-5-3-4/h6-8H,3-5,9H2,1-2H3;3H,2H2,1H3. The molecule has 0 N–H and O–H groups in total. The van der Waals surface area contributed by atoms with E-state index in [0.29, 0.717) is 44.2 Å². The van der Waals surface area contributed by atoms with Crippen LogP contribution in [0.25, 0.3) is 5.76 Å². The molecule has 0 amide bonds. The quantitative estimate of drug-likeness (QED) is 0.244. The molecule has 0 aliphatic heterocycles. The van der Waals surface area contributed by atoms with Crippen molar-refractivity contribution in [1.82, 2.24) is 0 Å². The van der Waals surface area contributed by atoms with Crippen LogP contribution in [0.15, 0.2) is 23.8 Å². The van der Waals surface area contributed by atoms with E-state index in [0.717, 1.165) is 0 Å². The molecule has 0 saturated heterocycles. The van der Waals surface area contributed by atoms with Crippen molar-refractivity contribution >= 4 is 22.3 Å². The van der Waals surface area contributed by atoms with Crippen molar-refractivity contribution in [1.29, 1.82) is 0 Å². The van der Waals surface area contributed by atoms with Gasteiger partial charge in [0.2, 0.25) is 5.92 Å². The van der Waals surface area contributed by atoms with Crippen LogP contribution in [0.4, 0.5) is 22.0 Å². The normalized spacial score (nSPS) is 14.6. The number of fused-ring (bicyclic) bond motifs is 1. The molecule has 0 heterocycles. The van der Waals surface area contributed by atoms with E-state index in [-0.39, 0.29) is 17.6 Å². The topological polar surface area (TPSA) is 78.9 Å². The summed E-state index contributed by atoms with van der Waals surface area (Å²) in [6.45, 7) is 3.27. The first kappa shape index (κ1) is 26.7. The van der Waals surface area contributed by atoms with Crippen LogP contribution in [0.3, 0.4) is 0 Å². The molecule has 0 spiro atoms. The van der Waals surface area contributed by atoms with E-state index in [2.05, 4.69) is 8.92 Å². The summed E-state index contributed by atoms with van der Waals surface area (Å²) in [6.07, 6.45) is -0.209. The van der Waals surface area contributed by atoms with E-state index >= 15 is 0 Å². The molecule has 176 valence electrons. The molecule has 0 atom stereocenters. The van der Waals surface area contributed by atoms with E-state index < -0.39 is 33.7 Å². The molecule has 12 heteroatoms. The third-order valence-corrected chi connectivity index (χ3v) is 4.99. The third-order valence-electron chi connectivity index (χ3n) is 4.04. The summed E-state index contributed by atoms with van der Waals surface area (Å²) in [5.41, 5.74) is -5.34. The van der Waals surface area contributed by atoms with Crippen molar-refractivity contribution in [2.75, 3.05) is 13.7 Å². The smallest absolute Gasteiger partial charge is 0.497 e. The molecular formula is C19H23F5O6S. The minimum Gasteiger partial charge on any atom is -0.497 e. The van der Waals surface area contributed by atoms with Crippen LogP contribution in [0, 0.1) is 0 Å². The molecule has 1 aliphatic rings. The third kappa shape index (κ3) is 8.00. The first-order chi connectivity index (χ1) is 14.3. The predicted molar refractivity (Wildman–Crippen MR) is 102 cm³/mol. The Kier molecular flexibility index (Phi) is 9.27. The summed E-state index contributed by atoms with van der Waals surface area (Å²) in [5.74, 6) is -3.51. The van der Waals surface area contributed by atoms with E-state index in [1.54, 1.807) is 6.92 Å². The first-order valence-electron chi connectivity index (χ1n) is 9.08. The minimum atomic E-state index is -5.99. The molecule has 1 aliphatic carbocycles. The van der Waals surface area contributed by atoms with Gasteiger partial charge in [0.25, 0.3) is 6.47 Å². The number of ether oxygens (including phenoxy) is 2. The van der Waals surface area contributed by atoms with Gasteiger partial charge in [-0.25, -0.2) is 8.78 Å². The molecule has 0 unspecified atom stereocenters. The number of hydrogen-bond donors (Lipinski definition) is 0. The fourth-order valence-electron chi connectivity index (χ4n) is 2.79. The molecule has 1 aromatic carbocycles. The first-order valence-corrected chi connectivity index (χ1v) is 10.5. The van der Waals surface area contributed by atoms with Gasteiger partial charge in [0.1, 0.15) is 11.5 Å². The number of carbonyl (C=O) groups is 1. The SMILES string of the molecule is CCOC=O.COc1ccc2c(c1)CCCC(CC(C)(F)F)=C2OS(=O)(=O)C(F)(F)F.